The van der Waals surface area contributed by atoms with Crippen molar-refractivity contribution < 1.29 is 0 Å². The lowest BCUT2D eigenvalue weighted by Gasteiger charge is -2.15. The smallest absolute Gasteiger partial charge is 0.00674 e. The Morgan fingerprint density at radius 2 is 1.69 bits per heavy atom. The summed E-state index contributed by atoms with van der Waals surface area (Å²) in [7, 11) is 0. The molecule has 0 heterocycles. The van der Waals surface area contributed by atoms with Gasteiger partial charge in [-0.15, -0.1) is 0 Å². The minimum absolute atomic E-state index is 0.672. The van der Waals surface area contributed by atoms with E-state index in [1.54, 1.807) is 0 Å². The molecule has 0 aliphatic carbocycles. The Morgan fingerprint density at radius 3 is 2.19 bits per heavy atom. The molecule has 1 aromatic carbocycles. The van der Waals surface area contributed by atoms with Crippen molar-refractivity contribution in [3.05, 3.63) is 34.9 Å². The van der Waals surface area contributed by atoms with Crippen LogP contribution in [0, 0.1) is 13.8 Å². The van der Waals surface area contributed by atoms with Gasteiger partial charge in [0.25, 0.3) is 0 Å². The van der Waals surface area contributed by atoms with Gasteiger partial charge in [0, 0.05) is 6.04 Å². The summed E-state index contributed by atoms with van der Waals surface area (Å²) >= 11 is 0. The molecule has 1 rings (SSSR count). The van der Waals surface area contributed by atoms with Crippen LogP contribution in [0.2, 0.25) is 0 Å². The van der Waals surface area contributed by atoms with Gasteiger partial charge in [-0.2, -0.15) is 0 Å². The van der Waals surface area contributed by atoms with Crippen LogP contribution in [-0.4, -0.2) is 12.6 Å². The van der Waals surface area contributed by atoms with E-state index in [1.165, 1.54) is 36.0 Å². The summed E-state index contributed by atoms with van der Waals surface area (Å²) in [6.45, 7) is 9.87. The maximum absolute atomic E-state index is 3.53. The Bertz CT molecular complexity index is 297. The molecule has 1 atom stereocenters. The zero-order valence-corrected chi connectivity index (χ0v) is 11.1. The fourth-order valence-corrected chi connectivity index (χ4v) is 2.29. The van der Waals surface area contributed by atoms with Gasteiger partial charge in [0.15, 0.2) is 0 Å². The lowest BCUT2D eigenvalue weighted by molar-refractivity contribution is 0.481. The molecular formula is C15H25N. The zero-order chi connectivity index (χ0) is 12.0. The molecule has 0 spiro atoms. The Kier molecular flexibility index (Phi) is 5.54. The third-order valence-electron chi connectivity index (χ3n) is 3.05. The van der Waals surface area contributed by atoms with E-state index in [2.05, 4.69) is 51.2 Å². The van der Waals surface area contributed by atoms with Gasteiger partial charge in [0.05, 0.1) is 0 Å². The van der Waals surface area contributed by atoms with Crippen LogP contribution in [0.3, 0.4) is 0 Å². The second-order valence-corrected chi connectivity index (χ2v) is 4.70. The van der Waals surface area contributed by atoms with Crippen LogP contribution in [0.15, 0.2) is 18.2 Å². The first-order valence-electron chi connectivity index (χ1n) is 6.46. The van der Waals surface area contributed by atoms with Gasteiger partial charge in [0.1, 0.15) is 0 Å². The van der Waals surface area contributed by atoms with Crippen molar-refractivity contribution in [3.63, 3.8) is 0 Å². The van der Waals surface area contributed by atoms with Crippen LogP contribution in [0.1, 0.15) is 43.4 Å². The minimum atomic E-state index is 0.672. The van der Waals surface area contributed by atoms with Crippen molar-refractivity contribution in [2.24, 2.45) is 0 Å². The van der Waals surface area contributed by atoms with E-state index in [4.69, 9.17) is 0 Å². The summed E-state index contributed by atoms with van der Waals surface area (Å²) in [5.41, 5.74) is 4.24. The summed E-state index contributed by atoms with van der Waals surface area (Å²) in [5.74, 6) is 0. The van der Waals surface area contributed by atoms with Crippen molar-refractivity contribution in [1.82, 2.24) is 5.32 Å². The largest absolute Gasteiger partial charge is 0.314 e. The molecule has 0 bridgehead atoms. The summed E-state index contributed by atoms with van der Waals surface area (Å²) in [6, 6.07) is 7.54. The van der Waals surface area contributed by atoms with Crippen molar-refractivity contribution in [2.45, 2.75) is 53.0 Å². The highest BCUT2D eigenvalue weighted by Gasteiger charge is 2.04. The monoisotopic (exact) mass is 219 g/mol. The average molecular weight is 219 g/mol. The van der Waals surface area contributed by atoms with Gasteiger partial charge in [-0.25, -0.2) is 0 Å². The second kappa shape index (κ2) is 6.70. The molecule has 0 saturated heterocycles. The fourth-order valence-electron chi connectivity index (χ4n) is 2.29. The Labute approximate surface area is 100 Å². The van der Waals surface area contributed by atoms with E-state index >= 15 is 0 Å². The highest BCUT2D eigenvalue weighted by Crippen LogP contribution is 2.12. The number of rotatable bonds is 6. The molecular weight excluding hydrogens is 194 g/mol. The molecule has 0 aliphatic rings. The number of hydrogen-bond acceptors (Lipinski definition) is 1. The van der Waals surface area contributed by atoms with Crippen LogP contribution < -0.4 is 5.32 Å². The molecule has 1 nitrogen and oxygen atoms in total. The first-order chi connectivity index (χ1) is 7.65. The normalized spacial score (nSPS) is 12.8. The minimum Gasteiger partial charge on any atom is -0.314 e. The number of nitrogens with one attached hydrogen (secondary N) is 1. The lowest BCUT2D eigenvalue weighted by atomic mass is 10.00. The molecule has 1 heteroatoms. The summed E-state index contributed by atoms with van der Waals surface area (Å²) < 4.78 is 0. The fraction of sp³-hybridized carbons (Fsp3) is 0.600. The molecule has 0 fully saturated rings. The number of aryl methyl sites for hydroxylation is 3. The van der Waals surface area contributed by atoms with E-state index in [0.717, 1.165) is 6.54 Å². The summed E-state index contributed by atoms with van der Waals surface area (Å²) in [4.78, 5) is 0. The number of hydrogen-bond donors (Lipinski definition) is 1. The van der Waals surface area contributed by atoms with Gasteiger partial charge in [-0.1, -0.05) is 43.2 Å². The van der Waals surface area contributed by atoms with Crippen LogP contribution >= 0.6 is 0 Å². The maximum atomic E-state index is 3.53. The third-order valence-corrected chi connectivity index (χ3v) is 3.05. The zero-order valence-electron chi connectivity index (χ0n) is 11.1. The van der Waals surface area contributed by atoms with Crippen molar-refractivity contribution in [2.75, 3.05) is 6.54 Å². The second-order valence-electron chi connectivity index (χ2n) is 4.70. The molecule has 1 unspecified atom stereocenters. The van der Waals surface area contributed by atoms with Crippen molar-refractivity contribution >= 4 is 0 Å². The SMILES string of the molecule is CCNC(CC)CCc1cc(C)cc(C)c1. The highest BCUT2D eigenvalue weighted by atomic mass is 14.9. The maximum Gasteiger partial charge on any atom is 0.00674 e. The Morgan fingerprint density at radius 1 is 1.06 bits per heavy atom. The van der Waals surface area contributed by atoms with Crippen LogP contribution in [0.5, 0.6) is 0 Å². The first-order valence-corrected chi connectivity index (χ1v) is 6.46. The van der Waals surface area contributed by atoms with E-state index in [1.807, 2.05) is 0 Å². The molecule has 0 aromatic heterocycles. The van der Waals surface area contributed by atoms with Gasteiger partial charge in [-0.05, 0) is 45.2 Å². The van der Waals surface area contributed by atoms with Crippen LogP contribution in [-0.2, 0) is 6.42 Å². The molecule has 0 radical (unpaired) electrons. The number of benzene rings is 1. The van der Waals surface area contributed by atoms with E-state index < -0.39 is 0 Å². The Hall–Kier alpha value is -0.820. The van der Waals surface area contributed by atoms with E-state index in [0.29, 0.717) is 6.04 Å². The Balaban J connectivity index is 2.52. The van der Waals surface area contributed by atoms with Gasteiger partial charge in [-0.3, -0.25) is 0 Å². The molecule has 0 amide bonds. The molecule has 1 N–H and O–H groups in total. The molecule has 16 heavy (non-hydrogen) atoms. The molecule has 0 aliphatic heterocycles. The van der Waals surface area contributed by atoms with E-state index in [-0.39, 0.29) is 0 Å². The average Bonchev–Trinajstić information content (AvgIpc) is 2.23. The quantitative estimate of drug-likeness (QED) is 0.770. The molecule has 0 saturated carbocycles. The first kappa shape index (κ1) is 13.2. The predicted octanol–water partition coefficient (Wildman–Crippen LogP) is 3.62. The third kappa shape index (κ3) is 4.36. The lowest BCUT2D eigenvalue weighted by Crippen LogP contribution is -2.28. The van der Waals surface area contributed by atoms with Crippen LogP contribution in [0.4, 0.5) is 0 Å². The highest BCUT2D eigenvalue weighted by molar-refractivity contribution is 5.28. The summed E-state index contributed by atoms with van der Waals surface area (Å²) in [6.07, 6.45) is 3.65. The van der Waals surface area contributed by atoms with Gasteiger partial charge in [0.2, 0.25) is 0 Å². The molecule has 1 aromatic rings. The predicted molar refractivity (Wildman–Crippen MR) is 72.0 cm³/mol. The van der Waals surface area contributed by atoms with Gasteiger partial charge < -0.3 is 5.32 Å². The molecule has 90 valence electrons. The van der Waals surface area contributed by atoms with Crippen molar-refractivity contribution in [3.8, 4) is 0 Å². The standard InChI is InChI=1S/C15H25N/c1-5-15(16-6-2)8-7-14-10-12(3)9-13(4)11-14/h9-11,15-16H,5-8H2,1-4H3. The van der Waals surface area contributed by atoms with Gasteiger partial charge >= 0.3 is 0 Å². The van der Waals surface area contributed by atoms with E-state index in [9.17, 15) is 0 Å². The van der Waals surface area contributed by atoms with Crippen molar-refractivity contribution in [1.29, 1.82) is 0 Å². The summed E-state index contributed by atoms with van der Waals surface area (Å²) in [5, 5.41) is 3.53. The van der Waals surface area contributed by atoms with Crippen LogP contribution in [0.25, 0.3) is 0 Å². The topological polar surface area (TPSA) is 12.0 Å².